The van der Waals surface area contributed by atoms with E-state index in [9.17, 15) is 0 Å². The molecule has 2 aromatic heterocycles. The Morgan fingerprint density at radius 2 is 2.00 bits per heavy atom. The first-order valence-corrected chi connectivity index (χ1v) is 5.72. The van der Waals surface area contributed by atoms with Gasteiger partial charge in [0.2, 0.25) is 0 Å². The molecule has 0 bridgehead atoms. The molecule has 0 N–H and O–H groups in total. The number of hydrogen-bond acceptors (Lipinski definition) is 4. The van der Waals surface area contributed by atoms with E-state index < -0.39 is 0 Å². The molecule has 0 spiro atoms. The lowest BCUT2D eigenvalue weighted by molar-refractivity contribution is 0.123. The van der Waals surface area contributed by atoms with Gasteiger partial charge in [0.25, 0.3) is 0 Å². The Bertz CT molecular complexity index is 534. The third kappa shape index (κ3) is 3.37. The molecule has 0 aromatic carbocycles. The highest BCUT2D eigenvalue weighted by atomic mass is 16.5. The zero-order valence-electron chi connectivity index (χ0n) is 9.91. The highest BCUT2D eigenvalue weighted by molar-refractivity contribution is 5.29. The molecule has 4 nitrogen and oxygen atoms in total. The summed E-state index contributed by atoms with van der Waals surface area (Å²) < 4.78 is 5.54. The Balaban J connectivity index is 1.81. The lowest BCUT2D eigenvalue weighted by atomic mass is 10.2. The Kier molecular flexibility index (Phi) is 4.39. The molecular formula is C14H13N3O. The number of nitriles is 1. The molecular weight excluding hydrogens is 226 g/mol. The van der Waals surface area contributed by atoms with Crippen molar-refractivity contribution in [2.75, 3.05) is 6.61 Å². The summed E-state index contributed by atoms with van der Waals surface area (Å²) in [7, 11) is 0. The molecule has 4 heteroatoms. The first-order chi connectivity index (χ1) is 8.90. The molecule has 2 rings (SSSR count). The molecule has 90 valence electrons. The fraction of sp³-hybridized carbons (Fsp3) is 0.214. The Hall–Kier alpha value is -2.25. The molecule has 0 fully saturated rings. The second-order valence-electron chi connectivity index (χ2n) is 3.75. The van der Waals surface area contributed by atoms with Gasteiger partial charge < -0.3 is 4.74 Å². The Labute approximate surface area is 106 Å². The molecule has 0 aliphatic carbocycles. The van der Waals surface area contributed by atoms with Crippen molar-refractivity contribution in [2.45, 2.75) is 13.0 Å². The first kappa shape index (κ1) is 12.2. The molecule has 0 unspecified atom stereocenters. The molecule has 0 aliphatic rings. The second-order valence-corrected chi connectivity index (χ2v) is 3.75. The van der Waals surface area contributed by atoms with Gasteiger partial charge in [0, 0.05) is 30.1 Å². The maximum atomic E-state index is 8.87. The van der Waals surface area contributed by atoms with Crippen LogP contribution in [0, 0.1) is 11.3 Å². The lowest BCUT2D eigenvalue weighted by Crippen LogP contribution is -2.02. The van der Waals surface area contributed by atoms with Crippen LogP contribution in [0.5, 0.6) is 0 Å². The number of pyridine rings is 2. The summed E-state index contributed by atoms with van der Waals surface area (Å²) in [6.45, 7) is 0.986. The SMILES string of the molecule is N#Cc1ncccc1COCCc1ccccn1. The van der Waals surface area contributed by atoms with Crippen molar-refractivity contribution in [1.82, 2.24) is 9.97 Å². The smallest absolute Gasteiger partial charge is 0.145 e. The van der Waals surface area contributed by atoms with Crippen molar-refractivity contribution < 1.29 is 4.74 Å². The molecule has 0 radical (unpaired) electrons. The van der Waals surface area contributed by atoms with Gasteiger partial charge in [-0.3, -0.25) is 4.98 Å². The van der Waals surface area contributed by atoms with Crippen molar-refractivity contribution in [3.8, 4) is 6.07 Å². The van der Waals surface area contributed by atoms with Crippen LogP contribution in [0.2, 0.25) is 0 Å². The van der Waals surface area contributed by atoms with Gasteiger partial charge in [-0.1, -0.05) is 12.1 Å². The van der Waals surface area contributed by atoms with Crippen LogP contribution in [0.3, 0.4) is 0 Å². The zero-order valence-corrected chi connectivity index (χ0v) is 9.91. The standard InChI is InChI=1S/C14H13N3O/c15-10-14-12(4-3-8-17-14)11-18-9-6-13-5-1-2-7-16-13/h1-5,7-8H,6,9,11H2. The second kappa shape index (κ2) is 6.48. The van der Waals surface area contributed by atoms with Crippen LogP contribution < -0.4 is 0 Å². The highest BCUT2D eigenvalue weighted by Crippen LogP contribution is 2.06. The van der Waals surface area contributed by atoms with Gasteiger partial charge in [-0.05, 0) is 18.2 Å². The average molecular weight is 239 g/mol. The van der Waals surface area contributed by atoms with Crippen molar-refractivity contribution in [1.29, 1.82) is 5.26 Å². The highest BCUT2D eigenvalue weighted by Gasteiger charge is 2.02. The van der Waals surface area contributed by atoms with Crippen LogP contribution in [0.25, 0.3) is 0 Å². The van der Waals surface area contributed by atoms with E-state index in [-0.39, 0.29) is 0 Å². The van der Waals surface area contributed by atoms with Crippen molar-refractivity contribution in [3.63, 3.8) is 0 Å². The molecule has 0 aliphatic heterocycles. The molecule has 0 saturated heterocycles. The Morgan fingerprint density at radius 1 is 1.11 bits per heavy atom. The summed E-state index contributed by atoms with van der Waals surface area (Å²) in [5, 5.41) is 8.87. The molecule has 0 saturated carbocycles. The van der Waals surface area contributed by atoms with Crippen LogP contribution in [-0.2, 0) is 17.8 Å². The predicted octanol–water partition coefficient (Wildman–Crippen LogP) is 2.11. The van der Waals surface area contributed by atoms with E-state index in [2.05, 4.69) is 16.0 Å². The van der Waals surface area contributed by atoms with Gasteiger partial charge in [-0.15, -0.1) is 0 Å². The van der Waals surface area contributed by atoms with Gasteiger partial charge in [0.15, 0.2) is 0 Å². The summed E-state index contributed by atoms with van der Waals surface area (Å²) in [5.74, 6) is 0. The molecule has 2 heterocycles. The lowest BCUT2D eigenvalue weighted by Gasteiger charge is -2.05. The van der Waals surface area contributed by atoms with Crippen LogP contribution in [0.1, 0.15) is 17.0 Å². The van der Waals surface area contributed by atoms with Gasteiger partial charge in [0.05, 0.1) is 13.2 Å². The van der Waals surface area contributed by atoms with Crippen molar-refractivity contribution in [3.05, 3.63) is 59.7 Å². The van der Waals surface area contributed by atoms with Crippen LogP contribution >= 0.6 is 0 Å². The van der Waals surface area contributed by atoms with Crippen LogP contribution in [0.4, 0.5) is 0 Å². The van der Waals surface area contributed by atoms with E-state index in [4.69, 9.17) is 10.00 Å². The predicted molar refractivity (Wildman–Crippen MR) is 66.5 cm³/mol. The number of ether oxygens (including phenoxy) is 1. The van der Waals surface area contributed by atoms with E-state index in [0.29, 0.717) is 18.9 Å². The molecule has 18 heavy (non-hydrogen) atoms. The largest absolute Gasteiger partial charge is 0.376 e. The van der Waals surface area contributed by atoms with E-state index in [1.165, 1.54) is 0 Å². The number of aromatic nitrogens is 2. The number of rotatable bonds is 5. The van der Waals surface area contributed by atoms with Gasteiger partial charge in [0.1, 0.15) is 11.8 Å². The third-order valence-corrected chi connectivity index (χ3v) is 2.48. The van der Waals surface area contributed by atoms with E-state index in [1.54, 1.807) is 18.5 Å². The fourth-order valence-corrected chi connectivity index (χ4v) is 1.56. The number of nitrogens with zero attached hydrogens (tertiary/aromatic N) is 3. The summed E-state index contributed by atoms with van der Waals surface area (Å²) >= 11 is 0. The zero-order chi connectivity index (χ0) is 12.6. The third-order valence-electron chi connectivity index (χ3n) is 2.48. The quantitative estimate of drug-likeness (QED) is 0.750. The van der Waals surface area contributed by atoms with E-state index >= 15 is 0 Å². The minimum Gasteiger partial charge on any atom is -0.376 e. The maximum Gasteiger partial charge on any atom is 0.145 e. The normalized spacial score (nSPS) is 9.94. The first-order valence-electron chi connectivity index (χ1n) is 5.72. The molecule has 0 amide bonds. The minimum absolute atomic E-state index is 0.406. The maximum absolute atomic E-state index is 8.87. The topological polar surface area (TPSA) is 58.8 Å². The monoisotopic (exact) mass is 239 g/mol. The van der Waals surface area contributed by atoms with Crippen molar-refractivity contribution in [2.24, 2.45) is 0 Å². The van der Waals surface area contributed by atoms with Crippen molar-refractivity contribution >= 4 is 0 Å². The molecule has 2 aromatic rings. The van der Waals surface area contributed by atoms with Crippen LogP contribution in [-0.4, -0.2) is 16.6 Å². The number of hydrogen-bond donors (Lipinski definition) is 0. The van der Waals surface area contributed by atoms with Gasteiger partial charge in [-0.25, -0.2) is 4.98 Å². The van der Waals surface area contributed by atoms with Gasteiger partial charge in [-0.2, -0.15) is 5.26 Å². The summed E-state index contributed by atoms with van der Waals surface area (Å²) in [5.41, 5.74) is 2.25. The van der Waals surface area contributed by atoms with E-state index in [1.807, 2.05) is 24.3 Å². The molecule has 0 atom stereocenters. The average Bonchev–Trinajstić information content (AvgIpc) is 2.45. The summed E-state index contributed by atoms with van der Waals surface area (Å²) in [6, 6.07) is 11.5. The minimum atomic E-state index is 0.406. The van der Waals surface area contributed by atoms with E-state index in [0.717, 1.165) is 17.7 Å². The fourth-order valence-electron chi connectivity index (χ4n) is 1.56. The Morgan fingerprint density at radius 3 is 2.78 bits per heavy atom. The summed E-state index contributed by atoms with van der Waals surface area (Å²) in [4.78, 5) is 8.19. The van der Waals surface area contributed by atoms with Crippen LogP contribution in [0.15, 0.2) is 42.7 Å². The van der Waals surface area contributed by atoms with Gasteiger partial charge >= 0.3 is 0 Å². The summed E-state index contributed by atoms with van der Waals surface area (Å²) in [6.07, 6.45) is 4.14.